The van der Waals surface area contributed by atoms with Gasteiger partial charge in [-0.2, -0.15) is 12.6 Å². The predicted octanol–water partition coefficient (Wildman–Crippen LogP) is 3.86. The number of rotatable bonds is 6. The van der Waals surface area contributed by atoms with Crippen LogP contribution in [0.4, 0.5) is 5.69 Å². The molecule has 0 N–H and O–H groups in total. The number of hydrogen-bond acceptors (Lipinski definition) is 2. The van der Waals surface area contributed by atoms with E-state index >= 15 is 0 Å². The van der Waals surface area contributed by atoms with E-state index in [-0.39, 0.29) is 0 Å². The number of hydrogen-bond donors (Lipinski definition) is 1. The number of anilines is 1. The fourth-order valence-electron chi connectivity index (χ4n) is 2.02. The topological polar surface area (TPSA) is 3.24 Å². The molecule has 16 heavy (non-hydrogen) atoms. The molecule has 2 heteroatoms. The number of thiol groups is 1. The molecule has 0 bridgehead atoms. The first-order chi connectivity index (χ1) is 7.67. The zero-order valence-corrected chi connectivity index (χ0v) is 11.5. The molecule has 0 atom stereocenters. The Morgan fingerprint density at radius 2 is 1.69 bits per heavy atom. The quantitative estimate of drug-likeness (QED) is 0.735. The lowest BCUT2D eigenvalue weighted by atomic mass is 9.84. The van der Waals surface area contributed by atoms with E-state index in [2.05, 4.69) is 68.8 Å². The molecule has 0 amide bonds. The summed E-state index contributed by atoms with van der Waals surface area (Å²) in [5.74, 6) is 0.956. The van der Waals surface area contributed by atoms with Gasteiger partial charge in [0.25, 0.3) is 0 Å². The van der Waals surface area contributed by atoms with Crippen molar-refractivity contribution in [3.05, 3.63) is 30.3 Å². The van der Waals surface area contributed by atoms with Crippen LogP contribution in [0.3, 0.4) is 0 Å². The van der Waals surface area contributed by atoms with Crippen LogP contribution in [0.5, 0.6) is 0 Å². The van der Waals surface area contributed by atoms with Crippen molar-refractivity contribution >= 4 is 18.3 Å². The molecule has 0 spiro atoms. The highest BCUT2D eigenvalue weighted by Crippen LogP contribution is 2.30. The van der Waals surface area contributed by atoms with E-state index in [1.54, 1.807) is 0 Å². The maximum absolute atomic E-state index is 4.52. The Labute approximate surface area is 105 Å². The summed E-state index contributed by atoms with van der Waals surface area (Å²) in [6, 6.07) is 10.6. The van der Waals surface area contributed by atoms with Gasteiger partial charge >= 0.3 is 0 Å². The highest BCUT2D eigenvalue weighted by molar-refractivity contribution is 7.80. The summed E-state index contributed by atoms with van der Waals surface area (Å²) in [5.41, 5.74) is 1.63. The van der Waals surface area contributed by atoms with Gasteiger partial charge in [-0.3, -0.25) is 0 Å². The highest BCUT2D eigenvalue weighted by atomic mass is 32.1. The summed E-state index contributed by atoms with van der Waals surface area (Å²) in [6.07, 6.45) is 2.37. The molecule has 1 rings (SSSR count). The van der Waals surface area contributed by atoms with Crippen LogP contribution in [0.1, 0.15) is 26.7 Å². The summed E-state index contributed by atoms with van der Waals surface area (Å²) in [5, 5.41) is 0. The minimum absolute atomic E-state index is 0.341. The molecule has 1 nitrogen and oxygen atoms in total. The Morgan fingerprint density at radius 3 is 2.12 bits per heavy atom. The van der Waals surface area contributed by atoms with Gasteiger partial charge in [0.15, 0.2) is 0 Å². The van der Waals surface area contributed by atoms with E-state index < -0.39 is 0 Å². The molecule has 1 aromatic carbocycles. The van der Waals surface area contributed by atoms with Gasteiger partial charge in [0, 0.05) is 19.3 Å². The zero-order valence-electron chi connectivity index (χ0n) is 10.6. The second kappa shape index (κ2) is 6.19. The van der Waals surface area contributed by atoms with Crippen molar-refractivity contribution in [2.45, 2.75) is 26.7 Å². The van der Waals surface area contributed by atoms with Gasteiger partial charge in [0.05, 0.1) is 0 Å². The third-order valence-corrected chi connectivity index (χ3v) is 4.28. The van der Waals surface area contributed by atoms with E-state index in [1.807, 2.05) is 0 Å². The van der Waals surface area contributed by atoms with Crippen molar-refractivity contribution < 1.29 is 0 Å². The molecular formula is C14H23NS. The van der Waals surface area contributed by atoms with E-state index in [0.717, 1.165) is 12.3 Å². The van der Waals surface area contributed by atoms with Crippen LogP contribution in [-0.2, 0) is 0 Å². The number of para-hydroxylation sites is 1. The van der Waals surface area contributed by atoms with Gasteiger partial charge in [0.1, 0.15) is 0 Å². The molecule has 0 heterocycles. The maximum atomic E-state index is 4.52. The summed E-state index contributed by atoms with van der Waals surface area (Å²) in [4.78, 5) is 2.34. The zero-order chi connectivity index (χ0) is 12.0. The van der Waals surface area contributed by atoms with Crippen molar-refractivity contribution in [3.63, 3.8) is 0 Å². The average Bonchev–Trinajstić information content (AvgIpc) is 2.37. The maximum Gasteiger partial charge on any atom is 0.0363 e. The molecule has 0 aliphatic rings. The smallest absolute Gasteiger partial charge is 0.0363 e. The van der Waals surface area contributed by atoms with Gasteiger partial charge in [0.2, 0.25) is 0 Å². The van der Waals surface area contributed by atoms with Gasteiger partial charge in [-0.15, -0.1) is 0 Å². The molecule has 0 unspecified atom stereocenters. The average molecular weight is 237 g/mol. The fraction of sp³-hybridized carbons (Fsp3) is 0.571. The summed E-state index contributed by atoms with van der Waals surface area (Å²) < 4.78 is 0. The minimum atomic E-state index is 0.341. The Balaban J connectivity index is 2.73. The Morgan fingerprint density at radius 1 is 1.12 bits per heavy atom. The first kappa shape index (κ1) is 13.4. The molecule has 0 saturated heterocycles. The molecule has 0 fully saturated rings. The lowest BCUT2D eigenvalue weighted by molar-refractivity contribution is 0.314. The normalized spacial score (nSPS) is 11.5. The molecule has 0 aliphatic carbocycles. The van der Waals surface area contributed by atoms with Crippen molar-refractivity contribution in [3.8, 4) is 0 Å². The van der Waals surface area contributed by atoms with Gasteiger partial charge < -0.3 is 4.90 Å². The van der Waals surface area contributed by atoms with Crippen molar-refractivity contribution in [2.75, 3.05) is 24.2 Å². The van der Waals surface area contributed by atoms with Gasteiger partial charge in [-0.1, -0.05) is 32.0 Å². The van der Waals surface area contributed by atoms with Gasteiger partial charge in [-0.05, 0) is 36.1 Å². The van der Waals surface area contributed by atoms with Crippen LogP contribution in [0.25, 0.3) is 0 Å². The Hall–Kier alpha value is -0.630. The minimum Gasteiger partial charge on any atom is -0.374 e. The third kappa shape index (κ3) is 3.18. The fourth-order valence-corrected chi connectivity index (χ4v) is 2.57. The first-order valence-corrected chi connectivity index (χ1v) is 6.67. The van der Waals surface area contributed by atoms with Crippen molar-refractivity contribution in [1.82, 2.24) is 0 Å². The standard InChI is InChI=1S/C14H23NS/c1-4-14(5-2,12-16)11-15(3)13-9-7-6-8-10-13/h6-10,16H,4-5,11-12H2,1-3H3. The van der Waals surface area contributed by atoms with Crippen LogP contribution in [0.2, 0.25) is 0 Å². The van der Waals surface area contributed by atoms with Crippen LogP contribution in [0.15, 0.2) is 30.3 Å². The SMILES string of the molecule is CCC(CC)(CS)CN(C)c1ccccc1. The number of nitrogens with zero attached hydrogens (tertiary/aromatic N) is 1. The van der Waals surface area contributed by atoms with E-state index in [1.165, 1.54) is 18.5 Å². The lowest BCUT2D eigenvalue weighted by Crippen LogP contribution is -2.36. The largest absolute Gasteiger partial charge is 0.374 e. The molecule has 0 saturated carbocycles. The van der Waals surface area contributed by atoms with E-state index in [9.17, 15) is 0 Å². The summed E-state index contributed by atoms with van der Waals surface area (Å²) >= 11 is 4.52. The number of benzene rings is 1. The van der Waals surface area contributed by atoms with Crippen molar-refractivity contribution in [1.29, 1.82) is 0 Å². The highest BCUT2D eigenvalue weighted by Gasteiger charge is 2.26. The Bertz CT molecular complexity index is 285. The lowest BCUT2D eigenvalue weighted by Gasteiger charge is -2.35. The molecule has 0 aliphatic heterocycles. The summed E-state index contributed by atoms with van der Waals surface area (Å²) in [6.45, 7) is 5.60. The molecular weight excluding hydrogens is 214 g/mol. The van der Waals surface area contributed by atoms with Crippen LogP contribution >= 0.6 is 12.6 Å². The van der Waals surface area contributed by atoms with Crippen molar-refractivity contribution in [2.24, 2.45) is 5.41 Å². The van der Waals surface area contributed by atoms with E-state index in [4.69, 9.17) is 0 Å². The second-order valence-electron chi connectivity index (χ2n) is 4.56. The monoisotopic (exact) mass is 237 g/mol. The molecule has 90 valence electrons. The van der Waals surface area contributed by atoms with Crippen LogP contribution < -0.4 is 4.90 Å². The van der Waals surface area contributed by atoms with Gasteiger partial charge in [-0.25, -0.2) is 0 Å². The van der Waals surface area contributed by atoms with Crippen LogP contribution in [0, 0.1) is 5.41 Å². The predicted molar refractivity (Wildman–Crippen MR) is 76.6 cm³/mol. The summed E-state index contributed by atoms with van der Waals surface area (Å²) in [7, 11) is 2.17. The van der Waals surface area contributed by atoms with Crippen LogP contribution in [-0.4, -0.2) is 19.3 Å². The molecule has 0 radical (unpaired) electrons. The molecule has 1 aromatic rings. The molecule has 0 aromatic heterocycles. The second-order valence-corrected chi connectivity index (χ2v) is 4.87. The first-order valence-electron chi connectivity index (χ1n) is 6.04. The third-order valence-electron chi connectivity index (χ3n) is 3.60. The Kier molecular flexibility index (Phi) is 5.20. The van der Waals surface area contributed by atoms with E-state index in [0.29, 0.717) is 5.41 Å².